The Bertz CT molecular complexity index is 522. The van der Waals surface area contributed by atoms with Crippen molar-refractivity contribution in [2.45, 2.75) is 32.9 Å². The molecule has 106 valence electrons. The number of nitrogens with one attached hydrogen (secondary N) is 1. The van der Waals surface area contributed by atoms with E-state index in [9.17, 15) is 0 Å². The van der Waals surface area contributed by atoms with E-state index in [1.165, 1.54) is 11.1 Å². The van der Waals surface area contributed by atoms with Gasteiger partial charge >= 0.3 is 0 Å². The van der Waals surface area contributed by atoms with Crippen molar-refractivity contribution in [1.29, 1.82) is 0 Å². The van der Waals surface area contributed by atoms with Crippen LogP contribution in [0.4, 0.5) is 0 Å². The maximum atomic E-state index is 6.03. The molecule has 1 atom stereocenters. The maximum Gasteiger partial charge on any atom is 0.0409 e. The summed E-state index contributed by atoms with van der Waals surface area (Å²) in [6.07, 6.45) is 1.13. The third-order valence-corrected chi connectivity index (χ3v) is 3.59. The molecule has 1 unspecified atom stereocenters. The highest BCUT2D eigenvalue weighted by Gasteiger charge is 2.12. The minimum absolute atomic E-state index is 0.384. The summed E-state index contributed by atoms with van der Waals surface area (Å²) in [4.78, 5) is 0. The molecule has 1 nitrogen and oxygen atoms in total. The third-order valence-electron chi connectivity index (χ3n) is 3.35. The van der Waals surface area contributed by atoms with Crippen LogP contribution in [-0.4, -0.2) is 0 Å². The van der Waals surface area contributed by atoms with E-state index in [0.29, 0.717) is 12.0 Å². The lowest BCUT2D eigenvalue weighted by atomic mass is 9.97. The Labute approximate surface area is 127 Å². The van der Waals surface area contributed by atoms with Crippen LogP contribution in [-0.2, 0) is 6.54 Å². The number of rotatable bonds is 6. The molecule has 0 spiro atoms. The van der Waals surface area contributed by atoms with Gasteiger partial charge in [0.15, 0.2) is 0 Å². The van der Waals surface area contributed by atoms with Crippen molar-refractivity contribution in [1.82, 2.24) is 5.32 Å². The molecular formula is C18H22ClN. The van der Waals surface area contributed by atoms with E-state index in [1.807, 2.05) is 18.2 Å². The zero-order valence-electron chi connectivity index (χ0n) is 12.1. The molecule has 0 aliphatic heterocycles. The Kier molecular flexibility index (Phi) is 5.63. The van der Waals surface area contributed by atoms with Crippen LogP contribution < -0.4 is 5.32 Å². The molecule has 0 aliphatic rings. The Morgan fingerprint density at radius 2 is 1.75 bits per heavy atom. The fraction of sp³-hybridized carbons (Fsp3) is 0.333. The van der Waals surface area contributed by atoms with Crippen molar-refractivity contribution in [2.24, 2.45) is 5.92 Å². The topological polar surface area (TPSA) is 12.0 Å². The van der Waals surface area contributed by atoms with Gasteiger partial charge in [-0.1, -0.05) is 67.9 Å². The van der Waals surface area contributed by atoms with E-state index in [0.717, 1.165) is 18.0 Å². The summed E-state index contributed by atoms with van der Waals surface area (Å²) in [6.45, 7) is 5.36. The Morgan fingerprint density at radius 3 is 2.40 bits per heavy atom. The van der Waals surface area contributed by atoms with Gasteiger partial charge in [0.2, 0.25) is 0 Å². The molecule has 0 aliphatic carbocycles. The second-order valence-corrected chi connectivity index (χ2v) is 6.04. The van der Waals surface area contributed by atoms with E-state index in [-0.39, 0.29) is 0 Å². The van der Waals surface area contributed by atoms with E-state index in [2.05, 4.69) is 55.6 Å². The lowest BCUT2D eigenvalue weighted by Crippen LogP contribution is -2.22. The molecule has 0 aromatic heterocycles. The molecule has 2 aromatic carbocycles. The SMILES string of the molecule is CC(C)CC(NCc1cccc(Cl)c1)c1ccccc1. The van der Waals surface area contributed by atoms with Gasteiger partial charge in [0, 0.05) is 17.6 Å². The lowest BCUT2D eigenvalue weighted by molar-refractivity contribution is 0.428. The number of halogens is 1. The summed E-state index contributed by atoms with van der Waals surface area (Å²) in [5.41, 5.74) is 2.57. The average Bonchev–Trinajstić information content (AvgIpc) is 2.44. The van der Waals surface area contributed by atoms with Crippen molar-refractivity contribution >= 4 is 11.6 Å². The van der Waals surface area contributed by atoms with Gasteiger partial charge in [-0.15, -0.1) is 0 Å². The lowest BCUT2D eigenvalue weighted by Gasteiger charge is -2.21. The van der Waals surface area contributed by atoms with Gasteiger partial charge in [-0.05, 0) is 35.6 Å². The second-order valence-electron chi connectivity index (χ2n) is 5.60. The van der Waals surface area contributed by atoms with E-state index in [4.69, 9.17) is 11.6 Å². The van der Waals surface area contributed by atoms with Crippen LogP contribution in [0.25, 0.3) is 0 Å². The highest BCUT2D eigenvalue weighted by atomic mass is 35.5. The minimum atomic E-state index is 0.384. The van der Waals surface area contributed by atoms with Crippen LogP contribution in [0.1, 0.15) is 37.4 Å². The molecule has 0 saturated heterocycles. The van der Waals surface area contributed by atoms with Crippen molar-refractivity contribution in [2.75, 3.05) is 0 Å². The summed E-state index contributed by atoms with van der Waals surface area (Å²) in [6, 6.07) is 19.1. The first-order chi connectivity index (χ1) is 9.65. The van der Waals surface area contributed by atoms with Crippen molar-refractivity contribution in [3.05, 3.63) is 70.7 Å². The van der Waals surface area contributed by atoms with Crippen LogP contribution in [0.15, 0.2) is 54.6 Å². The predicted molar refractivity (Wildman–Crippen MR) is 86.9 cm³/mol. The first kappa shape index (κ1) is 15.1. The van der Waals surface area contributed by atoms with Crippen LogP contribution in [0.5, 0.6) is 0 Å². The molecule has 0 heterocycles. The Morgan fingerprint density at radius 1 is 1.00 bits per heavy atom. The van der Waals surface area contributed by atoms with E-state index < -0.39 is 0 Å². The molecule has 2 aromatic rings. The van der Waals surface area contributed by atoms with Gasteiger partial charge in [0.05, 0.1) is 0 Å². The van der Waals surface area contributed by atoms with Crippen LogP contribution in [0.2, 0.25) is 5.02 Å². The summed E-state index contributed by atoms with van der Waals surface area (Å²) in [5.74, 6) is 0.659. The monoisotopic (exact) mass is 287 g/mol. The number of benzene rings is 2. The van der Waals surface area contributed by atoms with Gasteiger partial charge in [-0.2, -0.15) is 0 Å². The highest BCUT2D eigenvalue weighted by molar-refractivity contribution is 6.30. The van der Waals surface area contributed by atoms with E-state index in [1.54, 1.807) is 0 Å². The summed E-state index contributed by atoms with van der Waals surface area (Å²) in [5, 5.41) is 4.45. The van der Waals surface area contributed by atoms with Crippen LogP contribution >= 0.6 is 11.6 Å². The zero-order chi connectivity index (χ0) is 14.4. The molecule has 0 bridgehead atoms. The molecule has 2 heteroatoms. The predicted octanol–water partition coefficient (Wildman–Crippen LogP) is 5.22. The van der Waals surface area contributed by atoms with E-state index >= 15 is 0 Å². The smallest absolute Gasteiger partial charge is 0.0409 e. The average molecular weight is 288 g/mol. The molecule has 0 fully saturated rings. The normalized spacial score (nSPS) is 12.6. The van der Waals surface area contributed by atoms with Crippen molar-refractivity contribution in [3.8, 4) is 0 Å². The van der Waals surface area contributed by atoms with Gasteiger partial charge in [-0.3, -0.25) is 0 Å². The van der Waals surface area contributed by atoms with Gasteiger partial charge < -0.3 is 5.32 Å². The van der Waals surface area contributed by atoms with Crippen LogP contribution in [0, 0.1) is 5.92 Å². The first-order valence-corrected chi connectivity index (χ1v) is 7.55. The Hall–Kier alpha value is -1.31. The van der Waals surface area contributed by atoms with Gasteiger partial charge in [0.1, 0.15) is 0 Å². The second kappa shape index (κ2) is 7.47. The zero-order valence-corrected chi connectivity index (χ0v) is 12.9. The molecular weight excluding hydrogens is 266 g/mol. The summed E-state index contributed by atoms with van der Waals surface area (Å²) < 4.78 is 0. The fourth-order valence-electron chi connectivity index (χ4n) is 2.38. The largest absolute Gasteiger partial charge is 0.306 e. The molecule has 0 radical (unpaired) electrons. The minimum Gasteiger partial charge on any atom is -0.306 e. The van der Waals surface area contributed by atoms with Crippen LogP contribution in [0.3, 0.4) is 0 Å². The quantitative estimate of drug-likeness (QED) is 0.768. The molecule has 20 heavy (non-hydrogen) atoms. The summed E-state index contributed by atoms with van der Waals surface area (Å²) in [7, 11) is 0. The van der Waals surface area contributed by atoms with Gasteiger partial charge in [-0.25, -0.2) is 0 Å². The molecule has 2 rings (SSSR count). The summed E-state index contributed by atoms with van der Waals surface area (Å²) >= 11 is 6.03. The highest BCUT2D eigenvalue weighted by Crippen LogP contribution is 2.22. The molecule has 0 saturated carbocycles. The molecule has 1 N–H and O–H groups in total. The number of hydrogen-bond donors (Lipinski definition) is 1. The fourth-order valence-corrected chi connectivity index (χ4v) is 2.59. The van der Waals surface area contributed by atoms with Crippen molar-refractivity contribution < 1.29 is 0 Å². The van der Waals surface area contributed by atoms with Gasteiger partial charge in [0.25, 0.3) is 0 Å². The standard InChI is InChI=1S/C18H22ClN/c1-14(2)11-18(16-8-4-3-5-9-16)20-13-15-7-6-10-17(19)12-15/h3-10,12,14,18,20H,11,13H2,1-2H3. The Balaban J connectivity index is 2.05. The number of hydrogen-bond acceptors (Lipinski definition) is 1. The third kappa shape index (κ3) is 4.66. The first-order valence-electron chi connectivity index (χ1n) is 7.18. The molecule has 0 amide bonds. The van der Waals surface area contributed by atoms with Crippen molar-refractivity contribution in [3.63, 3.8) is 0 Å². The maximum absolute atomic E-state index is 6.03.